The van der Waals surface area contributed by atoms with E-state index < -0.39 is 28.5 Å². The van der Waals surface area contributed by atoms with Crippen molar-refractivity contribution in [3.05, 3.63) is 88.4 Å². The Morgan fingerprint density at radius 1 is 0.977 bits per heavy atom. The van der Waals surface area contributed by atoms with Gasteiger partial charge in [-0.25, -0.2) is 8.42 Å². The van der Waals surface area contributed by atoms with Gasteiger partial charge in [0.15, 0.2) is 0 Å². The van der Waals surface area contributed by atoms with Crippen LogP contribution < -0.4 is 14.4 Å². The van der Waals surface area contributed by atoms with Crippen LogP contribution in [0.15, 0.2) is 71.6 Å². The number of hydrogen-bond donors (Lipinski definition) is 1. The molecule has 0 spiro atoms. The Morgan fingerprint density at radius 3 is 2.23 bits per heavy atom. The lowest BCUT2D eigenvalue weighted by molar-refractivity contribution is -0.139. The second-order valence-electron chi connectivity index (χ2n) is 11.1. The molecule has 1 aliphatic rings. The third kappa shape index (κ3) is 8.09. The Kier molecular flexibility index (Phi) is 10.7. The molecule has 2 amide bonds. The molecular weight excluding hydrogens is 586 g/mol. The second kappa shape index (κ2) is 14.3. The van der Waals surface area contributed by atoms with Crippen LogP contribution in [0.25, 0.3) is 0 Å². The Balaban J connectivity index is 1.70. The predicted molar refractivity (Wildman–Crippen MR) is 170 cm³/mol. The average Bonchev–Trinajstić information content (AvgIpc) is 2.99. The summed E-state index contributed by atoms with van der Waals surface area (Å²) < 4.78 is 34.5. The molecule has 3 aromatic carbocycles. The van der Waals surface area contributed by atoms with Crippen LogP contribution in [0.4, 0.5) is 5.69 Å². The molecule has 10 heteroatoms. The van der Waals surface area contributed by atoms with Crippen LogP contribution in [0.3, 0.4) is 0 Å². The van der Waals surface area contributed by atoms with Gasteiger partial charge in [-0.05, 0) is 87.2 Å². The van der Waals surface area contributed by atoms with E-state index >= 15 is 0 Å². The Morgan fingerprint density at radius 2 is 1.63 bits per heavy atom. The SMILES string of the molecule is COc1ccc(CN(C(=O)CN(c2ccc(Cl)cc2C)S(=O)(=O)c2ccc(C)cc2)[C@H](C)C(=O)NC2CCCCC2)cc1. The van der Waals surface area contributed by atoms with E-state index in [1.165, 1.54) is 17.0 Å². The summed E-state index contributed by atoms with van der Waals surface area (Å²) in [6, 6.07) is 17.8. The van der Waals surface area contributed by atoms with Crippen molar-refractivity contribution < 1.29 is 22.7 Å². The van der Waals surface area contributed by atoms with Gasteiger partial charge >= 0.3 is 0 Å². The molecule has 1 saturated carbocycles. The molecule has 1 N–H and O–H groups in total. The molecule has 4 rings (SSSR count). The van der Waals surface area contributed by atoms with Crippen molar-refractivity contribution >= 4 is 39.1 Å². The van der Waals surface area contributed by atoms with Crippen molar-refractivity contribution in [2.24, 2.45) is 0 Å². The number of rotatable bonds is 11. The second-order valence-corrected chi connectivity index (χ2v) is 13.4. The van der Waals surface area contributed by atoms with Crippen molar-refractivity contribution in [3.63, 3.8) is 0 Å². The van der Waals surface area contributed by atoms with Gasteiger partial charge in [0, 0.05) is 17.6 Å². The molecule has 3 aromatic rings. The first-order chi connectivity index (χ1) is 20.5. The number of amides is 2. The first-order valence-electron chi connectivity index (χ1n) is 14.6. The van der Waals surface area contributed by atoms with Crippen LogP contribution >= 0.6 is 11.6 Å². The normalized spacial score (nSPS) is 14.5. The zero-order chi connectivity index (χ0) is 31.1. The number of halogens is 1. The fourth-order valence-electron chi connectivity index (χ4n) is 5.33. The Hall–Kier alpha value is -3.56. The molecule has 0 bridgehead atoms. The van der Waals surface area contributed by atoms with E-state index in [1.54, 1.807) is 63.4 Å². The van der Waals surface area contributed by atoms with E-state index in [9.17, 15) is 18.0 Å². The molecule has 1 atom stereocenters. The van der Waals surface area contributed by atoms with E-state index in [4.69, 9.17) is 16.3 Å². The number of carbonyl (C=O) groups excluding carboxylic acids is 2. The molecule has 1 aliphatic carbocycles. The van der Waals surface area contributed by atoms with E-state index in [2.05, 4.69) is 5.32 Å². The van der Waals surface area contributed by atoms with E-state index in [-0.39, 0.29) is 23.4 Å². The zero-order valence-electron chi connectivity index (χ0n) is 25.2. The van der Waals surface area contributed by atoms with Crippen molar-refractivity contribution in [3.8, 4) is 5.75 Å². The van der Waals surface area contributed by atoms with Crippen LogP contribution in [-0.4, -0.2) is 50.9 Å². The highest BCUT2D eigenvalue weighted by Gasteiger charge is 2.33. The summed E-state index contributed by atoms with van der Waals surface area (Å²) in [7, 11) is -2.59. The number of aryl methyl sites for hydroxylation is 2. The van der Waals surface area contributed by atoms with Crippen molar-refractivity contribution in [1.29, 1.82) is 0 Å². The minimum absolute atomic E-state index is 0.0602. The molecule has 230 valence electrons. The number of sulfonamides is 1. The fraction of sp³-hybridized carbons (Fsp3) is 0.394. The van der Waals surface area contributed by atoms with Crippen LogP contribution in [-0.2, 0) is 26.2 Å². The largest absolute Gasteiger partial charge is 0.497 e. The van der Waals surface area contributed by atoms with Crippen LogP contribution in [0.2, 0.25) is 5.02 Å². The van der Waals surface area contributed by atoms with Gasteiger partial charge < -0.3 is 15.0 Å². The molecule has 43 heavy (non-hydrogen) atoms. The van der Waals surface area contributed by atoms with Gasteiger partial charge in [-0.15, -0.1) is 0 Å². The van der Waals surface area contributed by atoms with Gasteiger partial charge in [-0.2, -0.15) is 0 Å². The molecule has 0 unspecified atom stereocenters. The summed E-state index contributed by atoms with van der Waals surface area (Å²) in [6.45, 7) is 4.92. The molecule has 0 heterocycles. The standard InChI is InChI=1S/C33H40ClN3O5S/c1-23-10-17-30(18-11-23)43(40,41)37(31-19-14-27(34)20-24(31)2)22-32(38)36(21-26-12-15-29(42-4)16-13-26)25(3)33(39)35-28-8-6-5-7-9-28/h10-20,25,28H,5-9,21-22H2,1-4H3,(H,35,39)/t25-/m1/s1. The summed E-state index contributed by atoms with van der Waals surface area (Å²) in [4.78, 5) is 29.2. The summed E-state index contributed by atoms with van der Waals surface area (Å²) >= 11 is 6.20. The average molecular weight is 626 g/mol. The molecule has 0 saturated heterocycles. The number of carbonyl (C=O) groups is 2. The lowest BCUT2D eigenvalue weighted by atomic mass is 9.95. The van der Waals surface area contributed by atoms with Crippen LogP contribution in [0, 0.1) is 13.8 Å². The first kappa shape index (κ1) is 32.4. The number of nitrogens with zero attached hydrogens (tertiary/aromatic N) is 2. The van der Waals surface area contributed by atoms with Crippen molar-refractivity contribution in [1.82, 2.24) is 10.2 Å². The van der Waals surface area contributed by atoms with Gasteiger partial charge in [0.1, 0.15) is 18.3 Å². The Labute approximate surface area is 260 Å². The van der Waals surface area contributed by atoms with Crippen molar-refractivity contribution in [2.45, 2.75) is 76.4 Å². The third-order valence-electron chi connectivity index (χ3n) is 7.95. The fourth-order valence-corrected chi connectivity index (χ4v) is 7.03. The maximum absolute atomic E-state index is 14.2. The molecule has 0 radical (unpaired) electrons. The molecule has 0 aliphatic heterocycles. The minimum atomic E-state index is -4.16. The summed E-state index contributed by atoms with van der Waals surface area (Å²) in [5.74, 6) is -0.102. The number of benzene rings is 3. The quantitative estimate of drug-likeness (QED) is 0.281. The summed E-state index contributed by atoms with van der Waals surface area (Å²) in [5.41, 5.74) is 2.62. The van der Waals surface area contributed by atoms with Gasteiger partial charge in [-0.3, -0.25) is 13.9 Å². The number of nitrogens with one attached hydrogen (secondary N) is 1. The maximum Gasteiger partial charge on any atom is 0.264 e. The molecule has 8 nitrogen and oxygen atoms in total. The minimum Gasteiger partial charge on any atom is -0.497 e. The highest BCUT2D eigenvalue weighted by molar-refractivity contribution is 7.92. The predicted octanol–water partition coefficient (Wildman–Crippen LogP) is 6.03. The van der Waals surface area contributed by atoms with E-state index in [0.717, 1.165) is 47.5 Å². The van der Waals surface area contributed by atoms with Gasteiger partial charge in [0.2, 0.25) is 11.8 Å². The molecular formula is C33H40ClN3O5S. The topological polar surface area (TPSA) is 96.0 Å². The number of methoxy groups -OCH3 is 1. The molecule has 0 aromatic heterocycles. The van der Waals surface area contributed by atoms with E-state index in [0.29, 0.717) is 22.0 Å². The number of hydrogen-bond acceptors (Lipinski definition) is 5. The summed E-state index contributed by atoms with van der Waals surface area (Å²) in [6.07, 6.45) is 5.08. The number of anilines is 1. The van der Waals surface area contributed by atoms with Crippen LogP contribution in [0.1, 0.15) is 55.7 Å². The van der Waals surface area contributed by atoms with Gasteiger partial charge in [-0.1, -0.05) is 60.7 Å². The number of ether oxygens (including phenoxy) is 1. The smallest absolute Gasteiger partial charge is 0.264 e. The lowest BCUT2D eigenvalue weighted by Crippen LogP contribution is -2.53. The van der Waals surface area contributed by atoms with Crippen molar-refractivity contribution in [2.75, 3.05) is 18.0 Å². The molecule has 1 fully saturated rings. The Bertz CT molecular complexity index is 1520. The highest BCUT2D eigenvalue weighted by Crippen LogP contribution is 2.30. The third-order valence-corrected chi connectivity index (χ3v) is 9.96. The highest BCUT2D eigenvalue weighted by atomic mass is 35.5. The monoisotopic (exact) mass is 625 g/mol. The summed E-state index contributed by atoms with van der Waals surface area (Å²) in [5, 5.41) is 3.57. The van der Waals surface area contributed by atoms with E-state index in [1.807, 2.05) is 19.1 Å². The van der Waals surface area contributed by atoms with Gasteiger partial charge in [0.05, 0.1) is 17.7 Å². The van der Waals surface area contributed by atoms with Crippen LogP contribution in [0.5, 0.6) is 5.75 Å². The zero-order valence-corrected chi connectivity index (χ0v) is 26.7. The lowest BCUT2D eigenvalue weighted by Gasteiger charge is -2.33. The first-order valence-corrected chi connectivity index (χ1v) is 16.4. The van der Waals surface area contributed by atoms with Gasteiger partial charge in [0.25, 0.3) is 10.0 Å². The maximum atomic E-state index is 14.2.